The van der Waals surface area contributed by atoms with Crippen LogP contribution in [0, 0.1) is 25.5 Å². The maximum atomic E-state index is 13.5. The van der Waals surface area contributed by atoms with Gasteiger partial charge in [0.1, 0.15) is 11.6 Å². The number of nitrogens with one attached hydrogen (secondary N) is 1. The topological polar surface area (TPSA) is 24.9 Å². The maximum absolute atomic E-state index is 13.5. The molecule has 0 spiro atoms. The molecule has 1 unspecified atom stereocenters. The van der Waals surface area contributed by atoms with E-state index in [1.54, 1.807) is 11.3 Å². The van der Waals surface area contributed by atoms with Gasteiger partial charge >= 0.3 is 0 Å². The van der Waals surface area contributed by atoms with Crippen molar-refractivity contribution >= 4 is 17.0 Å². The summed E-state index contributed by atoms with van der Waals surface area (Å²) in [5.41, 5.74) is 1.24. The third kappa shape index (κ3) is 2.67. The second kappa shape index (κ2) is 5.02. The van der Waals surface area contributed by atoms with Crippen molar-refractivity contribution in [2.75, 3.05) is 5.32 Å². The maximum Gasteiger partial charge on any atom is 0.149 e. The lowest BCUT2D eigenvalue weighted by Gasteiger charge is -2.15. The summed E-state index contributed by atoms with van der Waals surface area (Å²) in [5, 5.41) is 4.02. The van der Waals surface area contributed by atoms with Gasteiger partial charge < -0.3 is 5.32 Å². The number of rotatable bonds is 3. The van der Waals surface area contributed by atoms with Gasteiger partial charge in [0, 0.05) is 10.9 Å². The van der Waals surface area contributed by atoms with E-state index in [1.165, 1.54) is 12.1 Å². The monoisotopic (exact) mass is 268 g/mol. The van der Waals surface area contributed by atoms with E-state index in [1.807, 2.05) is 20.8 Å². The Morgan fingerprint density at radius 1 is 1.28 bits per heavy atom. The van der Waals surface area contributed by atoms with Crippen molar-refractivity contribution in [2.24, 2.45) is 0 Å². The van der Waals surface area contributed by atoms with Gasteiger partial charge in [0.25, 0.3) is 0 Å². The first-order valence-corrected chi connectivity index (χ1v) is 6.44. The number of benzene rings is 1. The number of thiazole rings is 1. The molecule has 18 heavy (non-hydrogen) atoms. The minimum absolute atomic E-state index is 0.0591. The van der Waals surface area contributed by atoms with Gasteiger partial charge in [-0.1, -0.05) is 0 Å². The zero-order valence-corrected chi connectivity index (χ0v) is 11.2. The Labute approximate surface area is 109 Å². The van der Waals surface area contributed by atoms with Crippen molar-refractivity contribution in [3.05, 3.63) is 45.4 Å². The Morgan fingerprint density at radius 2 is 2.00 bits per heavy atom. The molecule has 0 aliphatic carbocycles. The molecule has 0 radical (unpaired) electrons. The van der Waals surface area contributed by atoms with E-state index >= 15 is 0 Å². The molecule has 1 aromatic carbocycles. The summed E-state index contributed by atoms with van der Waals surface area (Å²) in [6.07, 6.45) is 0. The van der Waals surface area contributed by atoms with Gasteiger partial charge in [0.2, 0.25) is 0 Å². The van der Waals surface area contributed by atoms with Crippen LogP contribution < -0.4 is 5.32 Å². The molecule has 0 bridgehead atoms. The fourth-order valence-corrected chi connectivity index (χ4v) is 2.78. The number of hydrogen-bond acceptors (Lipinski definition) is 3. The highest BCUT2D eigenvalue weighted by Crippen LogP contribution is 2.28. The third-order valence-corrected chi connectivity index (χ3v) is 3.89. The minimum atomic E-state index is -0.583. The lowest BCUT2D eigenvalue weighted by Crippen LogP contribution is -2.07. The van der Waals surface area contributed by atoms with Crippen LogP contribution in [0.25, 0.3) is 0 Å². The Hall–Kier alpha value is -1.49. The fraction of sp³-hybridized carbons (Fsp3) is 0.308. The zero-order chi connectivity index (χ0) is 13.3. The van der Waals surface area contributed by atoms with Crippen molar-refractivity contribution in [1.82, 2.24) is 4.98 Å². The molecule has 0 fully saturated rings. The Bertz CT molecular complexity index is 566. The molecule has 1 N–H and O–H groups in total. The minimum Gasteiger partial charge on any atom is -0.375 e. The summed E-state index contributed by atoms with van der Waals surface area (Å²) in [6, 6.07) is 3.46. The van der Waals surface area contributed by atoms with Gasteiger partial charge in [-0.3, -0.25) is 0 Å². The highest BCUT2D eigenvalue weighted by molar-refractivity contribution is 7.11. The summed E-state index contributed by atoms with van der Waals surface area (Å²) < 4.78 is 26.3. The van der Waals surface area contributed by atoms with Crippen LogP contribution in [0.3, 0.4) is 0 Å². The largest absolute Gasteiger partial charge is 0.375 e. The van der Waals surface area contributed by atoms with Crippen LogP contribution in [0.5, 0.6) is 0 Å². The molecule has 0 saturated carbocycles. The predicted octanol–water partition coefficient (Wildman–Crippen LogP) is 4.21. The molecule has 5 heteroatoms. The molecular formula is C13H14F2N2S. The molecule has 0 saturated heterocycles. The summed E-state index contributed by atoms with van der Waals surface area (Å²) in [4.78, 5) is 5.40. The van der Waals surface area contributed by atoms with Gasteiger partial charge in [-0.15, -0.1) is 11.3 Å². The van der Waals surface area contributed by atoms with Crippen LogP contribution in [0.4, 0.5) is 14.5 Å². The molecular weight excluding hydrogens is 254 g/mol. The number of aryl methyl sites for hydroxylation is 2. The van der Waals surface area contributed by atoms with E-state index in [0.29, 0.717) is 5.69 Å². The van der Waals surface area contributed by atoms with Crippen LogP contribution in [-0.2, 0) is 0 Å². The lowest BCUT2D eigenvalue weighted by molar-refractivity contribution is 0.584. The molecule has 1 aromatic heterocycles. The van der Waals surface area contributed by atoms with Gasteiger partial charge in [0.05, 0.1) is 22.4 Å². The molecule has 0 amide bonds. The van der Waals surface area contributed by atoms with Gasteiger partial charge in [-0.05, 0) is 32.9 Å². The van der Waals surface area contributed by atoms with Crippen LogP contribution in [0.1, 0.15) is 28.5 Å². The molecule has 2 aromatic rings. The quantitative estimate of drug-likeness (QED) is 0.902. The molecule has 2 rings (SSSR count). The van der Waals surface area contributed by atoms with Crippen molar-refractivity contribution in [3.63, 3.8) is 0 Å². The summed E-state index contributed by atoms with van der Waals surface area (Å²) in [6.45, 7) is 5.80. The Balaban J connectivity index is 2.21. The first-order chi connectivity index (χ1) is 8.47. The molecule has 1 atom stereocenters. The second-order valence-electron chi connectivity index (χ2n) is 4.17. The lowest BCUT2D eigenvalue weighted by atomic mass is 10.2. The summed E-state index contributed by atoms with van der Waals surface area (Å²) in [5.74, 6) is -1.16. The second-order valence-corrected chi connectivity index (χ2v) is 5.41. The van der Waals surface area contributed by atoms with Gasteiger partial charge in [-0.2, -0.15) is 0 Å². The van der Waals surface area contributed by atoms with Crippen LogP contribution in [0.2, 0.25) is 0 Å². The smallest absolute Gasteiger partial charge is 0.149 e. The highest BCUT2D eigenvalue weighted by Gasteiger charge is 2.14. The van der Waals surface area contributed by atoms with E-state index in [2.05, 4.69) is 10.3 Å². The average Bonchev–Trinajstić information content (AvgIpc) is 2.62. The molecule has 0 aliphatic rings. The summed E-state index contributed by atoms with van der Waals surface area (Å²) in [7, 11) is 0. The molecule has 96 valence electrons. The first kappa shape index (κ1) is 13.0. The molecule has 1 heterocycles. The van der Waals surface area contributed by atoms with Gasteiger partial charge in [0.15, 0.2) is 0 Å². The SMILES string of the molecule is Cc1nc(C)c(C(C)Nc2ccc(F)cc2F)s1. The van der Waals surface area contributed by atoms with Crippen molar-refractivity contribution in [1.29, 1.82) is 0 Å². The molecule has 2 nitrogen and oxygen atoms in total. The average molecular weight is 268 g/mol. The van der Waals surface area contributed by atoms with E-state index in [4.69, 9.17) is 0 Å². The van der Waals surface area contributed by atoms with Crippen LogP contribution >= 0.6 is 11.3 Å². The van der Waals surface area contributed by atoms with E-state index in [0.717, 1.165) is 21.6 Å². The first-order valence-electron chi connectivity index (χ1n) is 5.63. The van der Waals surface area contributed by atoms with Crippen molar-refractivity contribution < 1.29 is 8.78 Å². The van der Waals surface area contributed by atoms with E-state index in [9.17, 15) is 8.78 Å². The Morgan fingerprint density at radius 3 is 2.56 bits per heavy atom. The fourth-order valence-electron chi connectivity index (χ4n) is 1.85. The summed E-state index contributed by atoms with van der Waals surface area (Å²) >= 11 is 1.58. The third-order valence-electron chi connectivity index (χ3n) is 2.64. The van der Waals surface area contributed by atoms with Crippen LogP contribution in [0.15, 0.2) is 18.2 Å². The van der Waals surface area contributed by atoms with Crippen molar-refractivity contribution in [3.8, 4) is 0 Å². The number of hydrogen-bond donors (Lipinski definition) is 1. The number of nitrogens with zero attached hydrogens (tertiary/aromatic N) is 1. The molecule has 0 aliphatic heterocycles. The number of halogens is 2. The van der Waals surface area contributed by atoms with E-state index in [-0.39, 0.29) is 6.04 Å². The standard InChI is InChI=1S/C13H14F2N2S/c1-7-13(18-9(3)16-7)8(2)17-12-5-4-10(14)6-11(12)15/h4-6,8,17H,1-3H3. The highest BCUT2D eigenvalue weighted by atomic mass is 32.1. The zero-order valence-electron chi connectivity index (χ0n) is 10.4. The van der Waals surface area contributed by atoms with Gasteiger partial charge in [-0.25, -0.2) is 13.8 Å². The van der Waals surface area contributed by atoms with E-state index < -0.39 is 11.6 Å². The normalized spacial score (nSPS) is 12.5. The number of aromatic nitrogens is 1. The Kier molecular flexibility index (Phi) is 3.61. The predicted molar refractivity (Wildman–Crippen MR) is 70.0 cm³/mol. The number of anilines is 1. The van der Waals surface area contributed by atoms with Crippen LogP contribution in [-0.4, -0.2) is 4.98 Å². The van der Waals surface area contributed by atoms with Crippen molar-refractivity contribution in [2.45, 2.75) is 26.8 Å².